The summed E-state index contributed by atoms with van der Waals surface area (Å²) in [5.41, 5.74) is 2.42. The second-order valence-electron chi connectivity index (χ2n) is 3.57. The van der Waals surface area contributed by atoms with E-state index in [0.717, 1.165) is 16.6 Å². The molecule has 0 radical (unpaired) electrons. The Morgan fingerprint density at radius 2 is 1.88 bits per heavy atom. The van der Waals surface area contributed by atoms with E-state index < -0.39 is 0 Å². The van der Waals surface area contributed by atoms with E-state index >= 15 is 0 Å². The number of fused-ring (bicyclic) bond motifs is 1. The summed E-state index contributed by atoms with van der Waals surface area (Å²) in [6.07, 6.45) is 1.57. The maximum Gasteiger partial charge on any atom is 0.346 e. The number of H-pyrrole nitrogens is 2. The molecule has 0 saturated carbocycles. The van der Waals surface area contributed by atoms with Crippen molar-refractivity contribution >= 4 is 11.0 Å². The molecule has 0 unspecified atom stereocenters. The van der Waals surface area contributed by atoms with Gasteiger partial charge in [-0.1, -0.05) is 30.3 Å². The van der Waals surface area contributed by atoms with Gasteiger partial charge in [-0.05, 0) is 11.6 Å². The van der Waals surface area contributed by atoms with E-state index in [0.29, 0.717) is 5.65 Å². The number of rotatable bonds is 1. The first-order valence-corrected chi connectivity index (χ1v) is 4.96. The Hall–Kier alpha value is -2.36. The summed E-state index contributed by atoms with van der Waals surface area (Å²) in [5, 5.41) is 0.901. The first-order valence-electron chi connectivity index (χ1n) is 4.96. The van der Waals surface area contributed by atoms with Crippen molar-refractivity contribution < 1.29 is 0 Å². The second kappa shape index (κ2) is 3.34. The lowest BCUT2D eigenvalue weighted by atomic mass is 10.1. The van der Waals surface area contributed by atoms with Crippen LogP contribution in [0.25, 0.3) is 22.3 Å². The van der Waals surface area contributed by atoms with Crippen LogP contribution in [0.15, 0.2) is 47.4 Å². The molecule has 1 aromatic carbocycles. The summed E-state index contributed by atoms with van der Waals surface area (Å²) in [4.78, 5) is 20.5. The average molecular weight is 211 g/mol. The zero-order valence-corrected chi connectivity index (χ0v) is 8.40. The molecule has 2 N–H and O–H groups in total. The summed E-state index contributed by atoms with van der Waals surface area (Å²) in [6, 6.07) is 11.9. The summed E-state index contributed by atoms with van der Waals surface area (Å²) >= 11 is 0. The van der Waals surface area contributed by atoms with E-state index in [1.165, 1.54) is 0 Å². The molecule has 16 heavy (non-hydrogen) atoms. The van der Waals surface area contributed by atoms with E-state index in [1.54, 1.807) is 6.20 Å². The van der Waals surface area contributed by atoms with Gasteiger partial charge in [0.05, 0.1) is 0 Å². The lowest BCUT2D eigenvalue weighted by Gasteiger charge is -1.94. The fraction of sp³-hybridized carbons (Fsp3) is 0. The summed E-state index contributed by atoms with van der Waals surface area (Å²) in [7, 11) is 0. The fourth-order valence-electron chi connectivity index (χ4n) is 1.72. The minimum absolute atomic E-state index is 0.339. The zero-order chi connectivity index (χ0) is 11.0. The zero-order valence-electron chi connectivity index (χ0n) is 8.40. The highest BCUT2D eigenvalue weighted by Gasteiger charge is 2.03. The van der Waals surface area contributed by atoms with Crippen LogP contribution in [0.4, 0.5) is 0 Å². The van der Waals surface area contributed by atoms with Crippen LogP contribution < -0.4 is 5.69 Å². The Morgan fingerprint density at radius 3 is 2.69 bits per heavy atom. The van der Waals surface area contributed by atoms with Gasteiger partial charge < -0.3 is 4.98 Å². The summed E-state index contributed by atoms with van der Waals surface area (Å²) < 4.78 is 0. The third-order valence-corrected chi connectivity index (χ3v) is 2.49. The SMILES string of the molecule is O=c1ncc2cc(-c3ccccc3)[nH]c2[nH]1. The van der Waals surface area contributed by atoms with Crippen molar-refractivity contribution in [2.45, 2.75) is 0 Å². The number of hydrogen-bond acceptors (Lipinski definition) is 2. The molecular weight excluding hydrogens is 202 g/mol. The molecule has 0 amide bonds. The molecule has 78 valence electrons. The van der Waals surface area contributed by atoms with Gasteiger partial charge in [0.25, 0.3) is 0 Å². The Bertz CT molecular complexity index is 682. The average Bonchev–Trinajstić information content (AvgIpc) is 2.73. The standard InChI is InChI=1S/C12H9N3O/c16-12-13-7-9-6-10(14-11(9)15-12)8-4-2-1-3-5-8/h1-7H,(H2,13,14,15,16). The molecule has 0 fully saturated rings. The van der Waals surface area contributed by atoms with Gasteiger partial charge in [0.15, 0.2) is 0 Å². The third-order valence-electron chi connectivity index (χ3n) is 2.49. The van der Waals surface area contributed by atoms with Gasteiger partial charge in [0, 0.05) is 17.3 Å². The molecule has 2 aromatic heterocycles. The van der Waals surface area contributed by atoms with E-state index in [4.69, 9.17) is 0 Å². The van der Waals surface area contributed by atoms with Crippen molar-refractivity contribution in [3.05, 3.63) is 53.1 Å². The smallest absolute Gasteiger partial charge is 0.341 e. The van der Waals surface area contributed by atoms with E-state index in [-0.39, 0.29) is 5.69 Å². The Morgan fingerprint density at radius 1 is 1.06 bits per heavy atom. The normalized spacial score (nSPS) is 10.8. The molecular formula is C12H9N3O. The second-order valence-corrected chi connectivity index (χ2v) is 3.57. The monoisotopic (exact) mass is 211 g/mol. The molecule has 0 aliphatic rings. The molecule has 0 bridgehead atoms. The first kappa shape index (κ1) is 8.91. The minimum atomic E-state index is -0.339. The molecule has 4 nitrogen and oxygen atoms in total. The van der Waals surface area contributed by atoms with Crippen LogP contribution in [-0.2, 0) is 0 Å². The number of nitrogens with one attached hydrogen (secondary N) is 2. The van der Waals surface area contributed by atoms with Crippen LogP contribution in [0.3, 0.4) is 0 Å². The van der Waals surface area contributed by atoms with Gasteiger partial charge in [-0.3, -0.25) is 4.98 Å². The molecule has 0 saturated heterocycles. The van der Waals surface area contributed by atoms with Crippen LogP contribution in [0.2, 0.25) is 0 Å². The van der Waals surface area contributed by atoms with E-state index in [1.807, 2.05) is 36.4 Å². The van der Waals surface area contributed by atoms with Crippen LogP contribution in [0.5, 0.6) is 0 Å². The molecule has 0 aliphatic heterocycles. The first-order chi connectivity index (χ1) is 7.83. The Balaban J connectivity index is 2.23. The Kier molecular flexibility index (Phi) is 1.86. The molecule has 0 aliphatic carbocycles. The lowest BCUT2D eigenvalue weighted by Crippen LogP contribution is -2.07. The van der Waals surface area contributed by atoms with Crippen LogP contribution in [-0.4, -0.2) is 15.0 Å². The maximum atomic E-state index is 11.0. The number of benzene rings is 1. The third kappa shape index (κ3) is 1.40. The molecule has 2 heterocycles. The van der Waals surface area contributed by atoms with Crippen LogP contribution >= 0.6 is 0 Å². The van der Waals surface area contributed by atoms with E-state index in [2.05, 4.69) is 15.0 Å². The van der Waals surface area contributed by atoms with Crippen molar-refractivity contribution in [2.75, 3.05) is 0 Å². The number of aromatic amines is 2. The van der Waals surface area contributed by atoms with Crippen molar-refractivity contribution in [2.24, 2.45) is 0 Å². The quantitative estimate of drug-likeness (QED) is 0.646. The van der Waals surface area contributed by atoms with Gasteiger partial charge in [-0.15, -0.1) is 0 Å². The highest BCUT2D eigenvalue weighted by atomic mass is 16.1. The largest absolute Gasteiger partial charge is 0.346 e. The molecule has 3 rings (SSSR count). The van der Waals surface area contributed by atoms with Gasteiger partial charge in [0.1, 0.15) is 5.65 Å². The van der Waals surface area contributed by atoms with Gasteiger partial charge >= 0.3 is 5.69 Å². The van der Waals surface area contributed by atoms with E-state index in [9.17, 15) is 4.79 Å². The summed E-state index contributed by atoms with van der Waals surface area (Å²) in [6.45, 7) is 0. The maximum absolute atomic E-state index is 11.0. The fourth-order valence-corrected chi connectivity index (χ4v) is 1.72. The highest BCUT2D eigenvalue weighted by molar-refractivity contribution is 5.81. The van der Waals surface area contributed by atoms with Gasteiger partial charge in [-0.25, -0.2) is 9.78 Å². The number of nitrogens with zero attached hydrogens (tertiary/aromatic N) is 1. The van der Waals surface area contributed by atoms with Gasteiger partial charge in [0.2, 0.25) is 0 Å². The molecule has 0 atom stereocenters. The topological polar surface area (TPSA) is 61.5 Å². The van der Waals surface area contributed by atoms with Crippen molar-refractivity contribution in [1.29, 1.82) is 0 Å². The van der Waals surface area contributed by atoms with Crippen LogP contribution in [0, 0.1) is 0 Å². The predicted octanol–water partition coefficient (Wildman–Crippen LogP) is 1.92. The van der Waals surface area contributed by atoms with Crippen molar-refractivity contribution in [1.82, 2.24) is 15.0 Å². The van der Waals surface area contributed by atoms with Crippen LogP contribution in [0.1, 0.15) is 0 Å². The van der Waals surface area contributed by atoms with Crippen molar-refractivity contribution in [3.8, 4) is 11.3 Å². The number of hydrogen-bond donors (Lipinski definition) is 2. The number of aromatic nitrogens is 3. The van der Waals surface area contributed by atoms with Gasteiger partial charge in [-0.2, -0.15) is 0 Å². The lowest BCUT2D eigenvalue weighted by molar-refractivity contribution is 1.11. The predicted molar refractivity (Wildman–Crippen MR) is 62.2 cm³/mol. The minimum Gasteiger partial charge on any atom is -0.341 e. The molecule has 0 spiro atoms. The highest BCUT2D eigenvalue weighted by Crippen LogP contribution is 2.21. The summed E-state index contributed by atoms with van der Waals surface area (Å²) in [5.74, 6) is 0. The van der Waals surface area contributed by atoms with Crippen molar-refractivity contribution in [3.63, 3.8) is 0 Å². The Labute approximate surface area is 91.0 Å². The molecule has 3 aromatic rings. The molecule has 4 heteroatoms.